The van der Waals surface area contributed by atoms with Crippen LogP contribution >= 0.6 is 23.2 Å². The molecule has 0 aliphatic heterocycles. The minimum absolute atomic E-state index is 0.109. The Bertz CT molecular complexity index is 626. The Labute approximate surface area is 118 Å². The molecule has 1 unspecified atom stereocenters. The molecule has 0 aliphatic carbocycles. The fourth-order valence-electron chi connectivity index (χ4n) is 1.74. The van der Waals surface area contributed by atoms with E-state index in [9.17, 15) is 13.2 Å². The molecule has 0 saturated heterocycles. The molecule has 0 spiro atoms. The van der Waals surface area contributed by atoms with Gasteiger partial charge >= 0.3 is 0 Å². The van der Waals surface area contributed by atoms with E-state index in [2.05, 4.69) is 0 Å². The van der Waals surface area contributed by atoms with Gasteiger partial charge in [-0.05, 0) is 30.2 Å². The Hall–Kier alpha value is -1.19. The first-order valence-electron chi connectivity index (χ1n) is 5.44. The van der Waals surface area contributed by atoms with E-state index in [4.69, 9.17) is 23.2 Å². The molecule has 2 rings (SSSR count). The van der Waals surface area contributed by atoms with Gasteiger partial charge in [-0.1, -0.05) is 23.7 Å². The Morgan fingerprint density at radius 1 is 0.947 bits per heavy atom. The second-order valence-electron chi connectivity index (χ2n) is 4.16. The smallest absolute Gasteiger partial charge is 0.161 e. The summed E-state index contributed by atoms with van der Waals surface area (Å²) in [5.41, 5.74) is 1.23. The lowest BCUT2D eigenvalue weighted by molar-refractivity contribution is 0.490. The van der Waals surface area contributed by atoms with Crippen LogP contribution in [-0.4, -0.2) is 0 Å². The van der Waals surface area contributed by atoms with Crippen molar-refractivity contribution in [1.82, 2.24) is 0 Å². The second-order valence-corrected chi connectivity index (χ2v) is 5.00. The van der Waals surface area contributed by atoms with Crippen molar-refractivity contribution < 1.29 is 13.2 Å². The molecule has 0 saturated carbocycles. The molecule has 0 amide bonds. The lowest BCUT2D eigenvalue weighted by Crippen LogP contribution is -2.00. The summed E-state index contributed by atoms with van der Waals surface area (Å²) in [6.07, 6.45) is 0. The van der Waals surface area contributed by atoms with E-state index < -0.39 is 22.8 Å². The number of hydrogen-bond acceptors (Lipinski definition) is 0. The third kappa shape index (κ3) is 2.88. The van der Waals surface area contributed by atoms with Gasteiger partial charge in [0, 0.05) is 16.7 Å². The van der Waals surface area contributed by atoms with E-state index in [1.807, 2.05) is 0 Å². The van der Waals surface area contributed by atoms with Crippen molar-refractivity contribution in [2.75, 3.05) is 0 Å². The van der Waals surface area contributed by atoms with Crippen LogP contribution in [0.15, 0.2) is 30.3 Å². The van der Waals surface area contributed by atoms with Crippen molar-refractivity contribution in [3.05, 3.63) is 69.5 Å². The molecule has 0 nitrogen and oxygen atoms in total. The van der Waals surface area contributed by atoms with Crippen LogP contribution in [0.4, 0.5) is 13.2 Å². The molecule has 0 aliphatic rings. The van der Waals surface area contributed by atoms with Crippen molar-refractivity contribution in [3.63, 3.8) is 0 Å². The van der Waals surface area contributed by atoms with Crippen LogP contribution in [0.3, 0.4) is 0 Å². The zero-order valence-electron chi connectivity index (χ0n) is 9.85. The van der Waals surface area contributed by atoms with Crippen molar-refractivity contribution >= 4 is 23.2 Å². The van der Waals surface area contributed by atoms with Gasteiger partial charge in [0.25, 0.3) is 0 Å². The third-order valence-electron chi connectivity index (χ3n) is 2.79. The zero-order valence-corrected chi connectivity index (χ0v) is 11.4. The topological polar surface area (TPSA) is 0 Å². The van der Waals surface area contributed by atoms with Crippen LogP contribution in [-0.2, 0) is 0 Å². The third-order valence-corrected chi connectivity index (χ3v) is 3.70. The normalized spacial score (nSPS) is 12.5. The molecule has 2 aromatic rings. The lowest BCUT2D eigenvalue weighted by Gasteiger charge is -2.13. The summed E-state index contributed by atoms with van der Waals surface area (Å²) in [4.78, 5) is 0. The predicted octanol–water partition coefficient (Wildman–Crippen LogP) is 5.39. The molecule has 0 heterocycles. The first-order valence-corrected chi connectivity index (χ1v) is 6.26. The van der Waals surface area contributed by atoms with Gasteiger partial charge in [0.05, 0.1) is 5.38 Å². The lowest BCUT2D eigenvalue weighted by atomic mass is 10.0. The first kappa shape index (κ1) is 14.2. The monoisotopic (exact) mass is 304 g/mol. The van der Waals surface area contributed by atoms with Crippen LogP contribution in [0.25, 0.3) is 0 Å². The quantitative estimate of drug-likeness (QED) is 0.515. The standard InChI is InChI=1S/C14H9Cl2F3/c1-7-4-8(2-3-10(7)15)14(16)9-5-12(18)13(19)6-11(9)17/h2-6,14H,1H3. The van der Waals surface area contributed by atoms with Gasteiger partial charge < -0.3 is 0 Å². The van der Waals surface area contributed by atoms with Gasteiger partial charge in [0.15, 0.2) is 11.6 Å². The van der Waals surface area contributed by atoms with Crippen molar-refractivity contribution in [2.24, 2.45) is 0 Å². The molecule has 1 atom stereocenters. The molecule has 0 aromatic heterocycles. The first-order chi connectivity index (χ1) is 8.90. The Balaban J connectivity index is 2.46. The van der Waals surface area contributed by atoms with Crippen LogP contribution < -0.4 is 0 Å². The second kappa shape index (κ2) is 5.43. The van der Waals surface area contributed by atoms with E-state index in [-0.39, 0.29) is 5.56 Å². The molecule has 0 fully saturated rings. The fraction of sp³-hybridized carbons (Fsp3) is 0.143. The van der Waals surface area contributed by atoms with Gasteiger partial charge in [-0.25, -0.2) is 13.2 Å². The van der Waals surface area contributed by atoms with Crippen molar-refractivity contribution in [1.29, 1.82) is 0 Å². The molecule has 19 heavy (non-hydrogen) atoms. The average Bonchev–Trinajstić information content (AvgIpc) is 2.36. The van der Waals surface area contributed by atoms with Crippen LogP contribution in [0.5, 0.6) is 0 Å². The number of halogens is 5. The Kier molecular flexibility index (Phi) is 4.07. The highest BCUT2D eigenvalue weighted by atomic mass is 35.5. The molecule has 100 valence electrons. The average molecular weight is 305 g/mol. The molecule has 0 radical (unpaired) electrons. The minimum atomic E-state index is -1.24. The molecule has 0 N–H and O–H groups in total. The number of benzene rings is 2. The Morgan fingerprint density at radius 2 is 1.58 bits per heavy atom. The highest BCUT2D eigenvalue weighted by Gasteiger charge is 2.19. The maximum Gasteiger partial charge on any atom is 0.161 e. The predicted molar refractivity (Wildman–Crippen MR) is 70.2 cm³/mol. The van der Waals surface area contributed by atoms with Crippen molar-refractivity contribution in [2.45, 2.75) is 12.3 Å². The summed E-state index contributed by atoms with van der Waals surface area (Å²) >= 11 is 12.0. The molecule has 2 aromatic carbocycles. The van der Waals surface area contributed by atoms with E-state index in [1.54, 1.807) is 25.1 Å². The fourth-order valence-corrected chi connectivity index (χ4v) is 2.16. The minimum Gasteiger partial charge on any atom is -0.207 e. The molecular formula is C14H9Cl2F3. The zero-order chi connectivity index (χ0) is 14.2. The number of alkyl halides is 1. The van der Waals surface area contributed by atoms with Crippen LogP contribution in [0.2, 0.25) is 5.02 Å². The van der Waals surface area contributed by atoms with E-state index in [1.165, 1.54) is 0 Å². The van der Waals surface area contributed by atoms with Gasteiger partial charge in [0.2, 0.25) is 0 Å². The summed E-state index contributed by atoms with van der Waals surface area (Å²) in [6.45, 7) is 1.77. The van der Waals surface area contributed by atoms with Gasteiger partial charge in [0.1, 0.15) is 5.82 Å². The molecule has 0 bridgehead atoms. The van der Waals surface area contributed by atoms with Crippen LogP contribution in [0.1, 0.15) is 22.1 Å². The number of aryl methyl sites for hydroxylation is 1. The number of rotatable bonds is 2. The highest BCUT2D eigenvalue weighted by Crippen LogP contribution is 2.33. The van der Waals surface area contributed by atoms with E-state index in [0.717, 1.165) is 11.6 Å². The largest absolute Gasteiger partial charge is 0.207 e. The SMILES string of the molecule is Cc1cc(C(Cl)c2cc(F)c(F)cc2F)ccc1Cl. The summed E-state index contributed by atoms with van der Waals surface area (Å²) in [7, 11) is 0. The van der Waals surface area contributed by atoms with Crippen LogP contribution in [0, 0.1) is 24.4 Å². The molecular weight excluding hydrogens is 296 g/mol. The highest BCUT2D eigenvalue weighted by molar-refractivity contribution is 6.31. The summed E-state index contributed by atoms with van der Waals surface area (Å²) < 4.78 is 39.7. The summed E-state index contributed by atoms with van der Waals surface area (Å²) in [5.74, 6) is -3.25. The van der Waals surface area contributed by atoms with Gasteiger partial charge in [-0.2, -0.15) is 0 Å². The van der Waals surface area contributed by atoms with Crippen molar-refractivity contribution in [3.8, 4) is 0 Å². The summed E-state index contributed by atoms with van der Waals surface area (Å²) in [5, 5.41) is -0.357. The van der Waals surface area contributed by atoms with E-state index >= 15 is 0 Å². The maximum absolute atomic E-state index is 13.6. The Morgan fingerprint density at radius 3 is 2.21 bits per heavy atom. The maximum atomic E-state index is 13.6. The van der Waals surface area contributed by atoms with Gasteiger partial charge in [-0.15, -0.1) is 11.6 Å². The summed E-state index contributed by atoms with van der Waals surface area (Å²) in [6, 6.07) is 6.18. The number of hydrogen-bond donors (Lipinski definition) is 0. The van der Waals surface area contributed by atoms with E-state index in [0.29, 0.717) is 16.7 Å². The molecule has 5 heteroatoms. The van der Waals surface area contributed by atoms with Gasteiger partial charge in [-0.3, -0.25) is 0 Å².